The van der Waals surface area contributed by atoms with Crippen LogP contribution >= 0.6 is 0 Å². The monoisotopic (exact) mass is 264 g/mol. The van der Waals surface area contributed by atoms with Crippen LogP contribution in [0, 0.1) is 5.41 Å². The third-order valence-electron chi connectivity index (χ3n) is 6.11. The van der Waals surface area contributed by atoms with Crippen molar-refractivity contribution in [3.05, 3.63) is 0 Å². The highest BCUT2D eigenvalue weighted by atomic mass is 15.2. The van der Waals surface area contributed by atoms with Crippen molar-refractivity contribution in [3.8, 4) is 0 Å². The highest BCUT2D eigenvalue weighted by molar-refractivity contribution is 4.93. The van der Waals surface area contributed by atoms with Gasteiger partial charge in [0.05, 0.1) is 0 Å². The van der Waals surface area contributed by atoms with Gasteiger partial charge in [-0.15, -0.1) is 0 Å². The van der Waals surface area contributed by atoms with Crippen molar-refractivity contribution in [2.24, 2.45) is 5.41 Å². The summed E-state index contributed by atoms with van der Waals surface area (Å²) < 4.78 is 0. The largest absolute Gasteiger partial charge is 0.310 e. The minimum atomic E-state index is 0.398. The number of likely N-dealkylation sites (tertiary alicyclic amines) is 1. The predicted octanol–water partition coefficient (Wildman–Crippen LogP) is 3.56. The first-order valence-corrected chi connectivity index (χ1v) is 8.67. The SMILES string of the molecule is CC1(CN2CCC3(CCCCC3)CC2)CCCCN1. The molecule has 0 radical (unpaired) electrons. The van der Waals surface area contributed by atoms with Gasteiger partial charge in [-0.2, -0.15) is 0 Å². The number of hydrogen-bond acceptors (Lipinski definition) is 2. The molecule has 2 nitrogen and oxygen atoms in total. The third-order valence-corrected chi connectivity index (χ3v) is 6.11. The summed E-state index contributed by atoms with van der Waals surface area (Å²) in [5.41, 5.74) is 1.16. The van der Waals surface area contributed by atoms with E-state index in [-0.39, 0.29) is 0 Å². The van der Waals surface area contributed by atoms with E-state index >= 15 is 0 Å². The predicted molar refractivity (Wildman–Crippen MR) is 81.5 cm³/mol. The average Bonchev–Trinajstić information content (AvgIpc) is 2.43. The summed E-state index contributed by atoms with van der Waals surface area (Å²) in [6.45, 7) is 7.67. The first-order chi connectivity index (χ1) is 9.20. The van der Waals surface area contributed by atoms with Crippen LogP contribution in [-0.2, 0) is 0 Å². The van der Waals surface area contributed by atoms with Crippen molar-refractivity contribution in [1.82, 2.24) is 10.2 Å². The average molecular weight is 264 g/mol. The summed E-state index contributed by atoms with van der Waals surface area (Å²) in [6, 6.07) is 0. The summed E-state index contributed by atoms with van der Waals surface area (Å²) in [4.78, 5) is 2.75. The van der Waals surface area contributed by atoms with Gasteiger partial charge in [-0.3, -0.25) is 0 Å². The summed E-state index contributed by atoms with van der Waals surface area (Å²) >= 11 is 0. The lowest BCUT2D eigenvalue weighted by atomic mass is 9.68. The van der Waals surface area contributed by atoms with Gasteiger partial charge in [0.25, 0.3) is 0 Å². The Balaban J connectivity index is 1.49. The van der Waals surface area contributed by atoms with Gasteiger partial charge in [0, 0.05) is 12.1 Å². The second-order valence-corrected chi connectivity index (χ2v) is 7.78. The zero-order chi connectivity index (χ0) is 13.2. The Hall–Kier alpha value is -0.0800. The van der Waals surface area contributed by atoms with Crippen molar-refractivity contribution in [2.75, 3.05) is 26.2 Å². The maximum Gasteiger partial charge on any atom is 0.0280 e. The molecule has 0 aromatic rings. The Morgan fingerprint density at radius 3 is 2.16 bits per heavy atom. The molecule has 1 atom stereocenters. The van der Waals surface area contributed by atoms with Gasteiger partial charge >= 0.3 is 0 Å². The van der Waals surface area contributed by atoms with Crippen LogP contribution in [0.25, 0.3) is 0 Å². The number of nitrogens with one attached hydrogen (secondary N) is 1. The van der Waals surface area contributed by atoms with Crippen LogP contribution in [0.3, 0.4) is 0 Å². The van der Waals surface area contributed by atoms with Crippen LogP contribution in [0.15, 0.2) is 0 Å². The second-order valence-electron chi connectivity index (χ2n) is 7.78. The van der Waals surface area contributed by atoms with Gasteiger partial charge in [0.1, 0.15) is 0 Å². The van der Waals surface area contributed by atoms with Gasteiger partial charge in [-0.05, 0) is 70.5 Å². The normalized spacial score (nSPS) is 36.5. The van der Waals surface area contributed by atoms with E-state index in [4.69, 9.17) is 0 Å². The Morgan fingerprint density at radius 2 is 1.53 bits per heavy atom. The number of nitrogens with zero attached hydrogens (tertiary/aromatic N) is 1. The first-order valence-electron chi connectivity index (χ1n) is 8.67. The Morgan fingerprint density at radius 1 is 0.842 bits per heavy atom. The van der Waals surface area contributed by atoms with E-state index in [1.165, 1.54) is 90.4 Å². The first kappa shape index (κ1) is 13.9. The molecule has 1 aliphatic carbocycles. The molecule has 3 rings (SSSR count). The minimum absolute atomic E-state index is 0.398. The van der Waals surface area contributed by atoms with E-state index in [1.54, 1.807) is 0 Å². The van der Waals surface area contributed by atoms with E-state index in [2.05, 4.69) is 17.1 Å². The molecule has 2 heteroatoms. The molecule has 1 unspecified atom stereocenters. The van der Waals surface area contributed by atoms with Crippen LogP contribution < -0.4 is 5.32 Å². The van der Waals surface area contributed by atoms with Gasteiger partial charge in [-0.25, -0.2) is 0 Å². The molecule has 3 aliphatic rings. The Bertz CT molecular complexity index is 278. The second kappa shape index (κ2) is 5.73. The van der Waals surface area contributed by atoms with Crippen molar-refractivity contribution in [2.45, 2.75) is 76.7 Å². The molecule has 19 heavy (non-hydrogen) atoms. The van der Waals surface area contributed by atoms with Crippen molar-refractivity contribution in [1.29, 1.82) is 0 Å². The van der Waals surface area contributed by atoms with Crippen molar-refractivity contribution < 1.29 is 0 Å². The molecule has 2 saturated heterocycles. The molecule has 2 heterocycles. The molecule has 0 amide bonds. The molecule has 1 saturated carbocycles. The molecular weight excluding hydrogens is 232 g/mol. The van der Waals surface area contributed by atoms with Crippen molar-refractivity contribution in [3.63, 3.8) is 0 Å². The van der Waals surface area contributed by atoms with Crippen LogP contribution in [0.2, 0.25) is 0 Å². The van der Waals surface area contributed by atoms with E-state index in [0.29, 0.717) is 5.54 Å². The summed E-state index contributed by atoms with van der Waals surface area (Å²) in [5.74, 6) is 0. The third kappa shape index (κ3) is 3.33. The Kier molecular flexibility index (Phi) is 4.19. The maximum atomic E-state index is 3.77. The summed E-state index contributed by atoms with van der Waals surface area (Å²) in [7, 11) is 0. The zero-order valence-corrected chi connectivity index (χ0v) is 12.8. The van der Waals surface area contributed by atoms with Gasteiger partial charge in [0.2, 0.25) is 0 Å². The van der Waals surface area contributed by atoms with E-state index in [1.807, 2.05) is 0 Å². The molecule has 1 spiro atoms. The molecule has 0 aromatic carbocycles. The summed E-state index contributed by atoms with van der Waals surface area (Å²) in [6.07, 6.45) is 14.7. The topological polar surface area (TPSA) is 15.3 Å². The van der Waals surface area contributed by atoms with Crippen LogP contribution in [0.1, 0.15) is 71.1 Å². The molecule has 3 fully saturated rings. The molecular formula is C17H32N2. The molecule has 110 valence electrons. The van der Waals surface area contributed by atoms with Gasteiger partial charge in [-0.1, -0.05) is 25.7 Å². The fourth-order valence-corrected chi connectivity index (χ4v) is 4.73. The highest BCUT2D eigenvalue weighted by Crippen LogP contribution is 2.44. The van der Waals surface area contributed by atoms with Crippen LogP contribution in [0.5, 0.6) is 0 Å². The lowest BCUT2D eigenvalue weighted by Crippen LogP contribution is -2.55. The number of rotatable bonds is 2. The number of piperidine rings is 2. The molecule has 0 bridgehead atoms. The van der Waals surface area contributed by atoms with E-state index in [9.17, 15) is 0 Å². The molecule has 0 aromatic heterocycles. The highest BCUT2D eigenvalue weighted by Gasteiger charge is 2.37. The van der Waals surface area contributed by atoms with Crippen molar-refractivity contribution >= 4 is 0 Å². The van der Waals surface area contributed by atoms with E-state index < -0.39 is 0 Å². The summed E-state index contributed by atoms with van der Waals surface area (Å²) in [5, 5.41) is 3.77. The smallest absolute Gasteiger partial charge is 0.0280 e. The molecule has 1 N–H and O–H groups in total. The maximum absolute atomic E-state index is 3.77. The molecule has 2 aliphatic heterocycles. The Labute approximate surface area is 119 Å². The lowest BCUT2D eigenvalue weighted by molar-refractivity contribution is 0.0490. The lowest BCUT2D eigenvalue weighted by Gasteiger charge is -2.47. The fraction of sp³-hybridized carbons (Fsp3) is 1.00. The van der Waals surface area contributed by atoms with Gasteiger partial charge < -0.3 is 10.2 Å². The van der Waals surface area contributed by atoms with Gasteiger partial charge in [0.15, 0.2) is 0 Å². The fourth-order valence-electron chi connectivity index (χ4n) is 4.73. The quantitative estimate of drug-likeness (QED) is 0.820. The number of hydrogen-bond donors (Lipinski definition) is 1. The van der Waals surface area contributed by atoms with Crippen LogP contribution in [-0.4, -0.2) is 36.6 Å². The minimum Gasteiger partial charge on any atom is -0.310 e. The van der Waals surface area contributed by atoms with Crippen LogP contribution in [0.4, 0.5) is 0 Å². The standard InChI is InChI=1S/C17H32N2/c1-16(7-5-6-12-18-16)15-19-13-10-17(11-14-19)8-3-2-4-9-17/h18H,2-15H2,1H3. The van der Waals surface area contributed by atoms with E-state index in [0.717, 1.165) is 5.41 Å². The zero-order valence-electron chi connectivity index (χ0n) is 12.8.